The normalized spacial score (nSPS) is 13.9. The van der Waals surface area contributed by atoms with Crippen LogP contribution in [0.1, 0.15) is 48.0 Å². The van der Waals surface area contributed by atoms with Gasteiger partial charge in [0, 0.05) is 13.1 Å². The second-order valence-electron chi connectivity index (χ2n) is 6.43. The molecule has 1 nitrogen and oxygen atoms in total. The van der Waals surface area contributed by atoms with Crippen LogP contribution in [0.25, 0.3) is 0 Å². The fourth-order valence-electron chi connectivity index (χ4n) is 1.05. The third kappa shape index (κ3) is 11.7. The molecular formula is C13H27N. The molecule has 0 fully saturated rings. The van der Waals surface area contributed by atoms with Gasteiger partial charge in [-0.2, -0.15) is 0 Å². The van der Waals surface area contributed by atoms with Crippen LogP contribution in [0.3, 0.4) is 0 Å². The van der Waals surface area contributed by atoms with Crippen molar-refractivity contribution in [1.29, 1.82) is 0 Å². The van der Waals surface area contributed by atoms with Crippen molar-refractivity contribution in [3.63, 3.8) is 0 Å². The van der Waals surface area contributed by atoms with Gasteiger partial charge >= 0.3 is 0 Å². The third-order valence-electron chi connectivity index (χ3n) is 1.81. The topological polar surface area (TPSA) is 12.0 Å². The number of hydrogen-bond acceptors (Lipinski definition) is 1. The van der Waals surface area contributed by atoms with Gasteiger partial charge in [0.15, 0.2) is 0 Å². The summed E-state index contributed by atoms with van der Waals surface area (Å²) in [5.74, 6) is 0. The maximum atomic E-state index is 3.42. The molecule has 0 atom stereocenters. The lowest BCUT2D eigenvalue weighted by molar-refractivity contribution is 0.388. The zero-order valence-electron chi connectivity index (χ0n) is 10.8. The first-order chi connectivity index (χ1) is 6.21. The summed E-state index contributed by atoms with van der Waals surface area (Å²) in [4.78, 5) is 0. The Kier molecular flexibility index (Phi) is 5.43. The molecule has 1 heteroatoms. The van der Waals surface area contributed by atoms with E-state index in [9.17, 15) is 0 Å². The Bertz CT molecular complexity index is 167. The Morgan fingerprint density at radius 2 is 1.43 bits per heavy atom. The summed E-state index contributed by atoms with van der Waals surface area (Å²) in [7, 11) is 0. The van der Waals surface area contributed by atoms with Crippen LogP contribution in [0, 0.1) is 10.8 Å². The predicted molar refractivity (Wildman–Crippen MR) is 65.5 cm³/mol. The number of hydrogen-bond donors (Lipinski definition) is 1. The van der Waals surface area contributed by atoms with E-state index in [0.29, 0.717) is 10.8 Å². The van der Waals surface area contributed by atoms with Crippen molar-refractivity contribution in [3.8, 4) is 0 Å². The van der Waals surface area contributed by atoms with E-state index in [1.54, 1.807) is 0 Å². The first kappa shape index (κ1) is 13.7. The van der Waals surface area contributed by atoms with E-state index in [-0.39, 0.29) is 0 Å². The van der Waals surface area contributed by atoms with Crippen LogP contribution in [-0.4, -0.2) is 13.1 Å². The summed E-state index contributed by atoms with van der Waals surface area (Å²) in [6.45, 7) is 15.6. The predicted octanol–water partition coefficient (Wildman–Crippen LogP) is 3.61. The SMILES string of the molecule is CC(C)(C)C/C=C/CNCC(C)(C)C. The Labute approximate surface area is 90.0 Å². The van der Waals surface area contributed by atoms with Gasteiger partial charge in [-0.05, 0) is 17.3 Å². The zero-order valence-corrected chi connectivity index (χ0v) is 10.8. The minimum Gasteiger partial charge on any atom is -0.313 e. The van der Waals surface area contributed by atoms with Gasteiger partial charge in [0.2, 0.25) is 0 Å². The molecule has 0 aromatic carbocycles. The Balaban J connectivity index is 3.46. The Morgan fingerprint density at radius 1 is 0.857 bits per heavy atom. The van der Waals surface area contributed by atoms with Crippen molar-refractivity contribution >= 4 is 0 Å². The highest BCUT2D eigenvalue weighted by Gasteiger charge is 2.08. The summed E-state index contributed by atoms with van der Waals surface area (Å²) < 4.78 is 0. The molecule has 0 heterocycles. The molecule has 0 bridgehead atoms. The largest absolute Gasteiger partial charge is 0.313 e. The van der Waals surface area contributed by atoms with E-state index < -0.39 is 0 Å². The zero-order chi connectivity index (χ0) is 11.2. The maximum absolute atomic E-state index is 3.42. The van der Waals surface area contributed by atoms with Crippen molar-refractivity contribution in [3.05, 3.63) is 12.2 Å². The van der Waals surface area contributed by atoms with Crippen molar-refractivity contribution < 1.29 is 0 Å². The lowest BCUT2D eigenvalue weighted by Crippen LogP contribution is -2.26. The molecular weight excluding hydrogens is 170 g/mol. The standard InChI is InChI=1S/C13H27N/c1-12(2,3)9-7-8-10-14-11-13(4,5)6/h7-8,14H,9-11H2,1-6H3/b8-7+. The summed E-state index contributed by atoms with van der Waals surface area (Å²) in [6.07, 6.45) is 5.66. The molecule has 84 valence electrons. The van der Waals surface area contributed by atoms with Gasteiger partial charge in [-0.3, -0.25) is 0 Å². The van der Waals surface area contributed by atoms with E-state index in [0.717, 1.165) is 19.5 Å². The van der Waals surface area contributed by atoms with Crippen LogP contribution in [0.15, 0.2) is 12.2 Å². The van der Waals surface area contributed by atoms with Gasteiger partial charge in [0.1, 0.15) is 0 Å². The van der Waals surface area contributed by atoms with Crippen molar-refractivity contribution in [1.82, 2.24) is 5.32 Å². The van der Waals surface area contributed by atoms with Gasteiger partial charge in [-0.15, -0.1) is 0 Å². The van der Waals surface area contributed by atoms with Crippen LogP contribution >= 0.6 is 0 Å². The molecule has 0 rings (SSSR count). The molecule has 0 aromatic rings. The third-order valence-corrected chi connectivity index (χ3v) is 1.81. The minimum atomic E-state index is 0.387. The van der Waals surface area contributed by atoms with Crippen molar-refractivity contribution in [2.24, 2.45) is 10.8 Å². The summed E-state index contributed by atoms with van der Waals surface area (Å²) in [5, 5.41) is 3.42. The van der Waals surface area contributed by atoms with Gasteiger partial charge < -0.3 is 5.32 Å². The minimum absolute atomic E-state index is 0.387. The van der Waals surface area contributed by atoms with Gasteiger partial charge in [0.25, 0.3) is 0 Å². The van der Waals surface area contributed by atoms with E-state index >= 15 is 0 Å². The average Bonchev–Trinajstić information content (AvgIpc) is 1.92. The lowest BCUT2D eigenvalue weighted by Gasteiger charge is -2.18. The fraction of sp³-hybridized carbons (Fsp3) is 0.846. The van der Waals surface area contributed by atoms with E-state index in [1.807, 2.05) is 0 Å². The van der Waals surface area contributed by atoms with Crippen LogP contribution in [0.2, 0.25) is 0 Å². The molecule has 0 aliphatic heterocycles. The molecule has 0 radical (unpaired) electrons. The first-order valence-corrected chi connectivity index (χ1v) is 5.56. The number of allylic oxidation sites excluding steroid dienone is 1. The van der Waals surface area contributed by atoms with Crippen LogP contribution in [-0.2, 0) is 0 Å². The van der Waals surface area contributed by atoms with E-state index in [4.69, 9.17) is 0 Å². The molecule has 0 spiro atoms. The molecule has 0 aromatic heterocycles. The Hall–Kier alpha value is -0.300. The second kappa shape index (κ2) is 5.55. The quantitative estimate of drug-likeness (QED) is 0.536. The lowest BCUT2D eigenvalue weighted by atomic mass is 9.92. The molecule has 0 aliphatic rings. The maximum Gasteiger partial charge on any atom is 0.0135 e. The fourth-order valence-corrected chi connectivity index (χ4v) is 1.05. The smallest absolute Gasteiger partial charge is 0.0135 e. The molecule has 0 unspecified atom stereocenters. The number of nitrogens with one attached hydrogen (secondary N) is 1. The second-order valence-corrected chi connectivity index (χ2v) is 6.43. The van der Waals surface area contributed by atoms with Crippen molar-refractivity contribution in [2.45, 2.75) is 48.0 Å². The number of rotatable bonds is 4. The summed E-state index contributed by atoms with van der Waals surface area (Å²) >= 11 is 0. The molecule has 0 aliphatic carbocycles. The van der Waals surface area contributed by atoms with Crippen LogP contribution in [0.5, 0.6) is 0 Å². The van der Waals surface area contributed by atoms with Gasteiger partial charge in [-0.25, -0.2) is 0 Å². The molecule has 0 saturated carbocycles. The highest BCUT2D eigenvalue weighted by atomic mass is 14.9. The van der Waals surface area contributed by atoms with Crippen LogP contribution < -0.4 is 5.32 Å². The van der Waals surface area contributed by atoms with Crippen molar-refractivity contribution in [2.75, 3.05) is 13.1 Å². The molecule has 0 amide bonds. The van der Waals surface area contributed by atoms with Gasteiger partial charge in [-0.1, -0.05) is 53.7 Å². The average molecular weight is 197 g/mol. The monoisotopic (exact) mass is 197 g/mol. The summed E-state index contributed by atoms with van der Waals surface area (Å²) in [5.41, 5.74) is 0.804. The first-order valence-electron chi connectivity index (χ1n) is 5.56. The van der Waals surface area contributed by atoms with Gasteiger partial charge in [0.05, 0.1) is 0 Å². The Morgan fingerprint density at radius 3 is 1.86 bits per heavy atom. The van der Waals surface area contributed by atoms with Crippen LogP contribution in [0.4, 0.5) is 0 Å². The highest BCUT2D eigenvalue weighted by molar-refractivity contribution is 4.87. The summed E-state index contributed by atoms with van der Waals surface area (Å²) in [6, 6.07) is 0. The molecule has 14 heavy (non-hydrogen) atoms. The van der Waals surface area contributed by atoms with E-state index in [1.165, 1.54) is 0 Å². The molecule has 1 N–H and O–H groups in total. The molecule has 0 saturated heterocycles. The van der Waals surface area contributed by atoms with E-state index in [2.05, 4.69) is 59.0 Å². The highest BCUT2D eigenvalue weighted by Crippen LogP contribution is 2.18.